The van der Waals surface area contributed by atoms with Crippen molar-refractivity contribution in [2.24, 2.45) is 5.92 Å². The first-order valence-corrected chi connectivity index (χ1v) is 6.55. The van der Waals surface area contributed by atoms with E-state index in [4.69, 9.17) is 5.11 Å². The highest BCUT2D eigenvalue weighted by Crippen LogP contribution is 2.21. The van der Waals surface area contributed by atoms with E-state index in [1.165, 1.54) is 0 Å². The second-order valence-electron chi connectivity index (χ2n) is 4.69. The Morgan fingerprint density at radius 2 is 2.00 bits per heavy atom. The van der Waals surface area contributed by atoms with Crippen molar-refractivity contribution in [2.75, 3.05) is 18.2 Å². The van der Waals surface area contributed by atoms with Crippen LogP contribution in [0.1, 0.15) is 25.7 Å². The summed E-state index contributed by atoms with van der Waals surface area (Å²) in [6.07, 6.45) is 3.72. The number of unbranched alkanes of at least 4 members (excludes halogenated alkanes) is 2. The Hall–Kier alpha value is -1.55. The molecule has 4 nitrogen and oxygen atoms in total. The third-order valence-corrected chi connectivity index (χ3v) is 3.30. The van der Waals surface area contributed by atoms with Gasteiger partial charge in [-0.1, -0.05) is 31.0 Å². The lowest BCUT2D eigenvalue weighted by molar-refractivity contribution is -0.122. The summed E-state index contributed by atoms with van der Waals surface area (Å²) < 4.78 is 0. The van der Waals surface area contributed by atoms with Crippen LogP contribution in [0.3, 0.4) is 0 Å². The average Bonchev–Trinajstić information content (AvgIpc) is 2.77. The fraction of sp³-hybridized carbons (Fsp3) is 0.500. The molecule has 1 atom stereocenters. The molecule has 2 rings (SSSR count). The molecule has 1 heterocycles. The van der Waals surface area contributed by atoms with Crippen LogP contribution in [0, 0.1) is 5.92 Å². The highest BCUT2D eigenvalue weighted by atomic mass is 16.2. The summed E-state index contributed by atoms with van der Waals surface area (Å²) in [5, 5.41) is 10.6. The molecule has 1 amide bonds. The molecule has 1 saturated heterocycles. The van der Waals surface area contributed by atoms with E-state index in [1.54, 1.807) is 0 Å². The van der Waals surface area contributed by atoms with Crippen LogP contribution in [-0.2, 0) is 4.79 Å². The summed E-state index contributed by atoms with van der Waals surface area (Å²) in [5.41, 5.74) is 3.94. The molecule has 0 radical (unpaired) electrons. The molecule has 98 valence electrons. The smallest absolute Gasteiger partial charge is 0.243 e. The van der Waals surface area contributed by atoms with Gasteiger partial charge in [-0.05, 0) is 25.0 Å². The van der Waals surface area contributed by atoms with Crippen molar-refractivity contribution in [1.29, 1.82) is 0 Å². The van der Waals surface area contributed by atoms with Gasteiger partial charge in [0, 0.05) is 6.61 Å². The molecule has 0 saturated carbocycles. The zero-order valence-corrected chi connectivity index (χ0v) is 10.5. The van der Waals surface area contributed by atoms with Gasteiger partial charge in [0.15, 0.2) is 0 Å². The Morgan fingerprint density at radius 1 is 1.22 bits per heavy atom. The first-order valence-electron chi connectivity index (χ1n) is 6.55. The Balaban J connectivity index is 1.83. The SMILES string of the molecule is O=C1NN(c2ccccc2)CC1CCCCCO. The van der Waals surface area contributed by atoms with Crippen molar-refractivity contribution in [2.45, 2.75) is 25.7 Å². The average molecular weight is 248 g/mol. The molecule has 0 spiro atoms. The van der Waals surface area contributed by atoms with Gasteiger partial charge in [-0.3, -0.25) is 15.2 Å². The maximum Gasteiger partial charge on any atom is 0.243 e. The Labute approximate surface area is 108 Å². The second kappa shape index (κ2) is 6.40. The highest BCUT2D eigenvalue weighted by molar-refractivity contribution is 5.84. The number of carbonyl (C=O) groups excluding carboxylic acids is 1. The van der Waals surface area contributed by atoms with Gasteiger partial charge in [0.05, 0.1) is 18.2 Å². The van der Waals surface area contributed by atoms with E-state index in [9.17, 15) is 4.79 Å². The number of benzene rings is 1. The van der Waals surface area contributed by atoms with Gasteiger partial charge in [0.2, 0.25) is 5.91 Å². The molecule has 4 heteroatoms. The lowest BCUT2D eigenvalue weighted by atomic mass is 10.0. The number of hydrogen-bond donors (Lipinski definition) is 2. The number of aliphatic hydroxyl groups is 1. The van der Waals surface area contributed by atoms with E-state index in [1.807, 2.05) is 35.3 Å². The van der Waals surface area contributed by atoms with Gasteiger partial charge in [-0.25, -0.2) is 0 Å². The lowest BCUT2D eigenvalue weighted by Crippen LogP contribution is -2.32. The summed E-state index contributed by atoms with van der Waals surface area (Å²) in [5.74, 6) is 0.187. The van der Waals surface area contributed by atoms with Crippen LogP contribution in [0.15, 0.2) is 30.3 Å². The van der Waals surface area contributed by atoms with Crippen molar-refractivity contribution in [3.05, 3.63) is 30.3 Å². The standard InChI is InChI=1S/C14H20N2O2/c17-10-6-2-3-7-12-11-16(15-14(12)18)13-8-4-1-5-9-13/h1,4-5,8-9,12,17H,2-3,6-7,10-11H2,(H,15,18). The number of aliphatic hydroxyl groups excluding tert-OH is 1. The predicted molar refractivity (Wildman–Crippen MR) is 71.0 cm³/mol. The number of nitrogens with zero attached hydrogens (tertiary/aromatic N) is 1. The molecule has 1 aromatic carbocycles. The van der Waals surface area contributed by atoms with Crippen molar-refractivity contribution < 1.29 is 9.90 Å². The molecule has 0 aromatic heterocycles. The molecule has 1 aliphatic rings. The van der Waals surface area contributed by atoms with Crippen LogP contribution in [0.25, 0.3) is 0 Å². The minimum atomic E-state index is 0.0731. The van der Waals surface area contributed by atoms with E-state index < -0.39 is 0 Å². The third-order valence-electron chi connectivity index (χ3n) is 3.30. The molecule has 0 aliphatic carbocycles. The van der Waals surface area contributed by atoms with Crippen molar-refractivity contribution in [3.8, 4) is 0 Å². The molecule has 1 unspecified atom stereocenters. The van der Waals surface area contributed by atoms with Crippen LogP contribution >= 0.6 is 0 Å². The number of para-hydroxylation sites is 1. The number of nitrogens with one attached hydrogen (secondary N) is 1. The second-order valence-corrected chi connectivity index (χ2v) is 4.69. The topological polar surface area (TPSA) is 52.6 Å². The first kappa shape index (κ1) is 12.9. The number of amides is 1. The van der Waals surface area contributed by atoms with E-state index >= 15 is 0 Å². The zero-order chi connectivity index (χ0) is 12.8. The minimum Gasteiger partial charge on any atom is -0.396 e. The maximum absolute atomic E-state index is 11.8. The molecule has 18 heavy (non-hydrogen) atoms. The zero-order valence-electron chi connectivity index (χ0n) is 10.5. The van der Waals surface area contributed by atoms with E-state index in [0.29, 0.717) is 0 Å². The summed E-state index contributed by atoms with van der Waals surface area (Å²) in [7, 11) is 0. The monoisotopic (exact) mass is 248 g/mol. The quantitative estimate of drug-likeness (QED) is 0.753. The number of hydrogen-bond acceptors (Lipinski definition) is 3. The first-order chi connectivity index (χ1) is 8.81. The summed E-state index contributed by atoms with van der Waals surface area (Å²) >= 11 is 0. The number of anilines is 1. The highest BCUT2D eigenvalue weighted by Gasteiger charge is 2.29. The Bertz CT molecular complexity index is 381. The molecule has 1 aliphatic heterocycles. The van der Waals surface area contributed by atoms with Crippen molar-refractivity contribution in [1.82, 2.24) is 5.43 Å². The predicted octanol–water partition coefficient (Wildman–Crippen LogP) is 1.71. The fourth-order valence-electron chi connectivity index (χ4n) is 2.25. The van der Waals surface area contributed by atoms with E-state index in [-0.39, 0.29) is 18.4 Å². The van der Waals surface area contributed by atoms with Gasteiger partial charge in [0.25, 0.3) is 0 Å². The summed E-state index contributed by atoms with van der Waals surface area (Å²) in [4.78, 5) is 11.8. The minimum absolute atomic E-state index is 0.0731. The maximum atomic E-state index is 11.8. The molecule has 0 bridgehead atoms. The normalized spacial score (nSPS) is 19.1. The van der Waals surface area contributed by atoms with Gasteiger partial charge in [-0.2, -0.15) is 0 Å². The number of hydrazine groups is 1. The molecule has 2 N–H and O–H groups in total. The van der Waals surface area contributed by atoms with Gasteiger partial charge in [0.1, 0.15) is 0 Å². The largest absolute Gasteiger partial charge is 0.396 e. The number of carbonyl (C=O) groups is 1. The third kappa shape index (κ3) is 3.23. The van der Waals surface area contributed by atoms with Gasteiger partial charge < -0.3 is 5.11 Å². The van der Waals surface area contributed by atoms with Gasteiger partial charge >= 0.3 is 0 Å². The Morgan fingerprint density at radius 3 is 2.72 bits per heavy atom. The molecule has 1 fully saturated rings. The van der Waals surface area contributed by atoms with Crippen molar-refractivity contribution in [3.63, 3.8) is 0 Å². The van der Waals surface area contributed by atoms with E-state index in [2.05, 4.69) is 5.43 Å². The number of rotatable bonds is 6. The van der Waals surface area contributed by atoms with Crippen molar-refractivity contribution >= 4 is 11.6 Å². The van der Waals surface area contributed by atoms with Gasteiger partial charge in [-0.15, -0.1) is 0 Å². The fourth-order valence-corrected chi connectivity index (χ4v) is 2.25. The molecule has 1 aromatic rings. The lowest BCUT2D eigenvalue weighted by Gasteiger charge is -2.17. The van der Waals surface area contributed by atoms with Crippen LogP contribution < -0.4 is 10.4 Å². The van der Waals surface area contributed by atoms with Crippen LogP contribution in [0.2, 0.25) is 0 Å². The molecular weight excluding hydrogens is 228 g/mol. The Kier molecular flexibility index (Phi) is 4.59. The summed E-state index contributed by atoms with van der Waals surface area (Å²) in [6.45, 7) is 0.981. The molecular formula is C14H20N2O2. The summed E-state index contributed by atoms with van der Waals surface area (Å²) in [6, 6.07) is 9.89. The van der Waals surface area contributed by atoms with Crippen LogP contribution in [-0.4, -0.2) is 24.2 Å². The van der Waals surface area contributed by atoms with E-state index in [0.717, 1.165) is 37.9 Å². The van der Waals surface area contributed by atoms with Crippen LogP contribution in [0.5, 0.6) is 0 Å². The van der Waals surface area contributed by atoms with Crippen LogP contribution in [0.4, 0.5) is 5.69 Å².